The number of piperidine rings is 1. The highest BCUT2D eigenvalue weighted by atomic mass is 16.2. The summed E-state index contributed by atoms with van der Waals surface area (Å²) in [6.45, 7) is 7.47. The average molecular weight is 409 g/mol. The molecule has 3 heterocycles. The quantitative estimate of drug-likeness (QED) is 0.821. The molecule has 2 fully saturated rings. The second-order valence-electron chi connectivity index (χ2n) is 8.33. The van der Waals surface area contributed by atoms with Crippen molar-refractivity contribution in [2.75, 3.05) is 61.4 Å². The van der Waals surface area contributed by atoms with Crippen molar-refractivity contribution in [2.24, 2.45) is 5.92 Å². The molecule has 4 rings (SSSR count). The molecule has 0 bridgehead atoms. The van der Waals surface area contributed by atoms with Crippen LogP contribution in [0.1, 0.15) is 24.8 Å². The van der Waals surface area contributed by atoms with Gasteiger partial charge >= 0.3 is 0 Å². The molecule has 1 N–H and O–H groups in total. The number of hydrogen-bond acceptors (Lipinski definition) is 6. The van der Waals surface area contributed by atoms with Gasteiger partial charge in [-0.1, -0.05) is 12.1 Å². The Labute approximate surface area is 179 Å². The molecule has 1 aromatic heterocycles. The zero-order chi connectivity index (χ0) is 20.9. The second-order valence-corrected chi connectivity index (χ2v) is 8.33. The number of rotatable bonds is 5. The Bertz CT molecular complexity index is 856. The number of aromatic nitrogens is 2. The molecule has 7 heteroatoms. The van der Waals surface area contributed by atoms with E-state index in [9.17, 15) is 4.79 Å². The van der Waals surface area contributed by atoms with Crippen LogP contribution in [0.4, 0.5) is 17.5 Å². The van der Waals surface area contributed by atoms with Gasteiger partial charge in [-0.05, 0) is 49.4 Å². The molecule has 0 radical (unpaired) electrons. The highest BCUT2D eigenvalue weighted by Gasteiger charge is 2.26. The van der Waals surface area contributed by atoms with Crippen molar-refractivity contribution in [1.29, 1.82) is 0 Å². The number of anilines is 3. The van der Waals surface area contributed by atoms with Crippen LogP contribution in [-0.4, -0.2) is 67.1 Å². The van der Waals surface area contributed by atoms with E-state index in [4.69, 9.17) is 0 Å². The summed E-state index contributed by atoms with van der Waals surface area (Å²) in [5, 5.41) is 2.99. The van der Waals surface area contributed by atoms with E-state index in [2.05, 4.69) is 61.2 Å². The first-order chi connectivity index (χ1) is 14.6. The molecule has 1 aromatic carbocycles. The number of nitrogens with one attached hydrogen (secondary N) is 1. The van der Waals surface area contributed by atoms with Gasteiger partial charge in [0.1, 0.15) is 5.82 Å². The number of aryl methyl sites for hydroxylation is 1. The normalized spacial score (nSPS) is 17.9. The van der Waals surface area contributed by atoms with Crippen molar-refractivity contribution in [3.05, 3.63) is 42.1 Å². The smallest absolute Gasteiger partial charge is 0.224 e. The third kappa shape index (κ3) is 4.83. The fourth-order valence-electron chi connectivity index (χ4n) is 4.43. The molecule has 2 saturated heterocycles. The highest BCUT2D eigenvalue weighted by molar-refractivity contribution is 5.77. The first-order valence-corrected chi connectivity index (χ1v) is 11.0. The molecular weight excluding hydrogens is 376 g/mol. The van der Waals surface area contributed by atoms with Gasteiger partial charge in [0.05, 0.1) is 0 Å². The SMILES string of the molecule is CNc1nccc(N2CCC(CC(=O)N3CCN(c4cccc(C)c4)CC3)CC2)n1. The summed E-state index contributed by atoms with van der Waals surface area (Å²) in [7, 11) is 1.83. The topological polar surface area (TPSA) is 64.6 Å². The summed E-state index contributed by atoms with van der Waals surface area (Å²) in [6, 6.07) is 10.6. The van der Waals surface area contributed by atoms with Crippen LogP contribution in [-0.2, 0) is 4.79 Å². The summed E-state index contributed by atoms with van der Waals surface area (Å²) in [6.07, 6.45) is 4.53. The van der Waals surface area contributed by atoms with Gasteiger partial charge in [0, 0.05) is 64.6 Å². The Kier molecular flexibility index (Phi) is 6.35. The van der Waals surface area contributed by atoms with Crippen LogP contribution in [0.3, 0.4) is 0 Å². The number of carbonyl (C=O) groups excluding carboxylic acids is 1. The Hall–Kier alpha value is -2.83. The van der Waals surface area contributed by atoms with Gasteiger partial charge in [-0.2, -0.15) is 4.98 Å². The van der Waals surface area contributed by atoms with Crippen molar-refractivity contribution in [3.63, 3.8) is 0 Å². The molecule has 0 atom stereocenters. The first kappa shape index (κ1) is 20.4. The standard InChI is InChI=1S/C23H32N6O/c1-18-4-3-5-20(16-18)27-12-14-29(15-13-27)22(30)17-19-7-10-28(11-8-19)21-6-9-25-23(24-2)26-21/h3-6,9,16,19H,7-8,10-15,17H2,1-2H3,(H,24,25,26). The second kappa shape index (κ2) is 9.32. The molecule has 2 aliphatic rings. The fourth-order valence-corrected chi connectivity index (χ4v) is 4.43. The Morgan fingerprint density at radius 1 is 1.07 bits per heavy atom. The zero-order valence-corrected chi connectivity index (χ0v) is 18.0. The molecule has 0 aliphatic carbocycles. The van der Waals surface area contributed by atoms with E-state index >= 15 is 0 Å². The van der Waals surface area contributed by atoms with Gasteiger partial charge in [0.2, 0.25) is 11.9 Å². The number of piperazine rings is 1. The average Bonchev–Trinajstić information content (AvgIpc) is 2.80. The summed E-state index contributed by atoms with van der Waals surface area (Å²) in [5.74, 6) is 2.40. The number of hydrogen-bond donors (Lipinski definition) is 1. The van der Waals surface area contributed by atoms with Crippen molar-refractivity contribution < 1.29 is 4.79 Å². The maximum Gasteiger partial charge on any atom is 0.224 e. The lowest BCUT2D eigenvalue weighted by atomic mass is 9.93. The van der Waals surface area contributed by atoms with Crippen molar-refractivity contribution in [1.82, 2.24) is 14.9 Å². The number of benzene rings is 1. The Morgan fingerprint density at radius 2 is 1.83 bits per heavy atom. The zero-order valence-electron chi connectivity index (χ0n) is 18.0. The lowest BCUT2D eigenvalue weighted by Gasteiger charge is -2.38. The van der Waals surface area contributed by atoms with E-state index in [1.807, 2.05) is 13.1 Å². The van der Waals surface area contributed by atoms with E-state index in [0.29, 0.717) is 24.2 Å². The van der Waals surface area contributed by atoms with Crippen LogP contribution in [0, 0.1) is 12.8 Å². The largest absolute Gasteiger partial charge is 0.368 e. The van der Waals surface area contributed by atoms with Gasteiger partial charge in [0.15, 0.2) is 0 Å². The van der Waals surface area contributed by atoms with Crippen LogP contribution < -0.4 is 15.1 Å². The Morgan fingerprint density at radius 3 is 2.53 bits per heavy atom. The van der Waals surface area contributed by atoms with E-state index in [-0.39, 0.29) is 0 Å². The maximum absolute atomic E-state index is 12.9. The monoisotopic (exact) mass is 408 g/mol. The van der Waals surface area contributed by atoms with Crippen LogP contribution in [0.15, 0.2) is 36.5 Å². The van der Waals surface area contributed by atoms with Crippen LogP contribution in [0.25, 0.3) is 0 Å². The summed E-state index contributed by atoms with van der Waals surface area (Å²) in [5.41, 5.74) is 2.54. The van der Waals surface area contributed by atoms with Gasteiger partial charge in [0.25, 0.3) is 0 Å². The van der Waals surface area contributed by atoms with E-state index in [1.165, 1.54) is 11.3 Å². The maximum atomic E-state index is 12.9. The third-order valence-electron chi connectivity index (χ3n) is 6.27. The van der Waals surface area contributed by atoms with E-state index < -0.39 is 0 Å². The molecule has 0 saturated carbocycles. The van der Waals surface area contributed by atoms with E-state index in [0.717, 1.165) is 57.9 Å². The lowest BCUT2D eigenvalue weighted by Crippen LogP contribution is -2.49. The summed E-state index contributed by atoms with van der Waals surface area (Å²) < 4.78 is 0. The third-order valence-corrected chi connectivity index (χ3v) is 6.27. The van der Waals surface area contributed by atoms with Crippen LogP contribution in [0.5, 0.6) is 0 Å². The van der Waals surface area contributed by atoms with Gasteiger partial charge in [-0.15, -0.1) is 0 Å². The first-order valence-electron chi connectivity index (χ1n) is 11.0. The molecule has 0 spiro atoms. The number of nitrogens with zero attached hydrogens (tertiary/aromatic N) is 5. The van der Waals surface area contributed by atoms with Crippen molar-refractivity contribution in [3.8, 4) is 0 Å². The van der Waals surface area contributed by atoms with Gasteiger partial charge in [-0.3, -0.25) is 4.79 Å². The van der Waals surface area contributed by atoms with E-state index in [1.54, 1.807) is 6.20 Å². The van der Waals surface area contributed by atoms with Crippen molar-refractivity contribution >= 4 is 23.4 Å². The predicted molar refractivity (Wildman–Crippen MR) is 121 cm³/mol. The molecule has 2 aromatic rings. The minimum absolute atomic E-state index is 0.317. The molecular formula is C23H32N6O. The summed E-state index contributed by atoms with van der Waals surface area (Å²) >= 11 is 0. The Balaban J connectivity index is 1.23. The number of amides is 1. The van der Waals surface area contributed by atoms with Crippen LogP contribution >= 0.6 is 0 Å². The molecule has 0 unspecified atom stereocenters. The lowest BCUT2D eigenvalue weighted by molar-refractivity contribution is -0.132. The molecule has 160 valence electrons. The summed E-state index contributed by atoms with van der Waals surface area (Å²) in [4.78, 5) is 28.3. The predicted octanol–water partition coefficient (Wildman–Crippen LogP) is 2.78. The number of carbonyl (C=O) groups is 1. The van der Waals surface area contributed by atoms with Crippen LogP contribution in [0.2, 0.25) is 0 Å². The van der Waals surface area contributed by atoms with Crippen molar-refractivity contribution in [2.45, 2.75) is 26.2 Å². The highest BCUT2D eigenvalue weighted by Crippen LogP contribution is 2.25. The van der Waals surface area contributed by atoms with Gasteiger partial charge < -0.3 is 20.0 Å². The molecule has 1 amide bonds. The molecule has 7 nitrogen and oxygen atoms in total. The minimum atomic E-state index is 0.317. The molecule has 2 aliphatic heterocycles. The fraction of sp³-hybridized carbons (Fsp3) is 0.522. The van der Waals surface area contributed by atoms with Gasteiger partial charge in [-0.25, -0.2) is 4.98 Å². The molecule has 30 heavy (non-hydrogen) atoms. The minimum Gasteiger partial charge on any atom is -0.368 e.